The topological polar surface area (TPSA) is 103 Å². The molecule has 1 unspecified atom stereocenters. The third-order valence-corrected chi connectivity index (χ3v) is 8.91. The third kappa shape index (κ3) is 4.28. The van der Waals surface area contributed by atoms with Crippen LogP contribution < -0.4 is 11.1 Å². The van der Waals surface area contributed by atoms with Crippen LogP contribution in [0.3, 0.4) is 0 Å². The normalized spacial score (nSPS) is 15.7. The molecule has 31 heavy (non-hydrogen) atoms. The van der Waals surface area contributed by atoms with Gasteiger partial charge < -0.3 is 15.6 Å². The van der Waals surface area contributed by atoms with Crippen molar-refractivity contribution in [2.75, 3.05) is 11.1 Å². The van der Waals surface area contributed by atoms with E-state index in [1.807, 2.05) is 11.6 Å². The summed E-state index contributed by atoms with van der Waals surface area (Å²) in [7, 11) is 1.90. The Morgan fingerprint density at radius 2 is 2.13 bits per heavy atom. The number of amides is 2. The number of hydrogen-bond acceptors (Lipinski definition) is 7. The van der Waals surface area contributed by atoms with Gasteiger partial charge in [-0.3, -0.25) is 9.59 Å². The molecule has 0 radical (unpaired) electrons. The van der Waals surface area contributed by atoms with E-state index in [2.05, 4.69) is 41.7 Å². The SMILES string of the molecule is Cc1scc(-c2nnc(SCC(=O)Nc3sc4c(c3C(N)=O)CCC(C)C4)n2C)c1C. The fraction of sp³-hybridized carbons (Fsp3) is 0.429. The van der Waals surface area contributed by atoms with Gasteiger partial charge in [0.2, 0.25) is 5.91 Å². The summed E-state index contributed by atoms with van der Waals surface area (Å²) in [6, 6.07) is 0. The molecule has 3 N–H and O–H groups in total. The summed E-state index contributed by atoms with van der Waals surface area (Å²) in [6.45, 7) is 6.37. The first kappa shape index (κ1) is 22.0. The summed E-state index contributed by atoms with van der Waals surface area (Å²) < 4.78 is 1.91. The van der Waals surface area contributed by atoms with E-state index in [0.717, 1.165) is 41.1 Å². The zero-order valence-corrected chi connectivity index (χ0v) is 20.4. The molecule has 4 rings (SSSR count). The maximum absolute atomic E-state index is 12.7. The van der Waals surface area contributed by atoms with E-state index < -0.39 is 5.91 Å². The zero-order valence-electron chi connectivity index (χ0n) is 17.9. The lowest BCUT2D eigenvalue weighted by Gasteiger charge is -2.18. The summed E-state index contributed by atoms with van der Waals surface area (Å²) in [6.07, 6.45) is 2.79. The third-order valence-electron chi connectivity index (χ3n) is 5.70. The van der Waals surface area contributed by atoms with Gasteiger partial charge in [0.1, 0.15) is 5.00 Å². The molecule has 0 fully saturated rings. The Balaban J connectivity index is 1.46. The largest absolute Gasteiger partial charge is 0.365 e. The van der Waals surface area contributed by atoms with Gasteiger partial charge in [-0.15, -0.1) is 32.9 Å². The van der Waals surface area contributed by atoms with Gasteiger partial charge in [0, 0.05) is 27.7 Å². The lowest BCUT2D eigenvalue weighted by atomic mass is 9.88. The van der Waals surface area contributed by atoms with Crippen molar-refractivity contribution in [3.63, 3.8) is 0 Å². The number of carbonyl (C=O) groups excluding carboxylic acids is 2. The molecule has 164 valence electrons. The lowest BCUT2D eigenvalue weighted by molar-refractivity contribution is -0.113. The van der Waals surface area contributed by atoms with Crippen molar-refractivity contribution >= 4 is 51.3 Å². The number of nitrogens with zero attached hydrogens (tertiary/aromatic N) is 3. The maximum Gasteiger partial charge on any atom is 0.251 e. The number of aryl methyl sites for hydroxylation is 1. The number of nitrogens with one attached hydrogen (secondary N) is 1. The highest BCUT2D eigenvalue weighted by Gasteiger charge is 2.27. The average Bonchev–Trinajstić information content (AvgIpc) is 3.35. The van der Waals surface area contributed by atoms with Gasteiger partial charge in [-0.2, -0.15) is 0 Å². The number of thioether (sulfide) groups is 1. The standard InChI is InChI=1S/C21H25N5O2S3/c1-10-5-6-13-15(7-10)31-20(17(13)18(22)28)23-16(27)9-30-21-25-24-19(26(21)4)14-8-29-12(3)11(14)2/h8,10H,5-7,9H2,1-4H3,(H2,22,28)(H,23,27). The van der Waals surface area contributed by atoms with Crippen LogP contribution in [0.1, 0.15) is 44.6 Å². The van der Waals surface area contributed by atoms with Crippen LogP contribution in [0.25, 0.3) is 11.4 Å². The number of rotatable bonds is 6. The van der Waals surface area contributed by atoms with Crippen molar-refractivity contribution in [2.24, 2.45) is 18.7 Å². The van der Waals surface area contributed by atoms with E-state index in [9.17, 15) is 9.59 Å². The fourth-order valence-corrected chi connectivity index (χ4v) is 6.81. The van der Waals surface area contributed by atoms with E-state index in [1.54, 1.807) is 11.3 Å². The Morgan fingerprint density at radius 3 is 2.81 bits per heavy atom. The van der Waals surface area contributed by atoms with Crippen LogP contribution in [-0.2, 0) is 24.7 Å². The van der Waals surface area contributed by atoms with Crippen LogP contribution in [-0.4, -0.2) is 32.3 Å². The van der Waals surface area contributed by atoms with Crippen LogP contribution in [0.5, 0.6) is 0 Å². The van der Waals surface area contributed by atoms with Crippen LogP contribution in [0.4, 0.5) is 5.00 Å². The molecule has 1 aliphatic carbocycles. The summed E-state index contributed by atoms with van der Waals surface area (Å²) in [5.41, 5.74) is 9.40. The highest BCUT2D eigenvalue weighted by molar-refractivity contribution is 7.99. The Kier molecular flexibility index (Phi) is 6.23. The molecule has 0 bridgehead atoms. The summed E-state index contributed by atoms with van der Waals surface area (Å²) in [5, 5.41) is 14.8. The minimum atomic E-state index is -0.477. The maximum atomic E-state index is 12.7. The van der Waals surface area contributed by atoms with Crippen LogP contribution in [0, 0.1) is 19.8 Å². The summed E-state index contributed by atoms with van der Waals surface area (Å²) in [4.78, 5) is 27.1. The second-order valence-electron chi connectivity index (χ2n) is 7.95. The molecule has 0 aliphatic heterocycles. The van der Waals surface area contributed by atoms with Crippen molar-refractivity contribution in [2.45, 2.75) is 45.2 Å². The van der Waals surface area contributed by atoms with Gasteiger partial charge in [0.15, 0.2) is 11.0 Å². The first-order valence-electron chi connectivity index (χ1n) is 10.1. The Morgan fingerprint density at radius 1 is 1.35 bits per heavy atom. The van der Waals surface area contributed by atoms with Crippen LogP contribution in [0.15, 0.2) is 10.5 Å². The minimum absolute atomic E-state index is 0.171. The van der Waals surface area contributed by atoms with Crippen molar-refractivity contribution in [3.8, 4) is 11.4 Å². The van der Waals surface area contributed by atoms with Gasteiger partial charge in [0.25, 0.3) is 5.91 Å². The highest BCUT2D eigenvalue weighted by atomic mass is 32.2. The van der Waals surface area contributed by atoms with E-state index in [1.165, 1.54) is 33.5 Å². The number of hydrogen-bond donors (Lipinski definition) is 2. The Labute approximate surface area is 193 Å². The highest BCUT2D eigenvalue weighted by Crippen LogP contribution is 2.39. The molecule has 10 heteroatoms. The van der Waals surface area contributed by atoms with Gasteiger partial charge in [-0.05, 0) is 50.2 Å². The van der Waals surface area contributed by atoms with E-state index >= 15 is 0 Å². The monoisotopic (exact) mass is 475 g/mol. The van der Waals surface area contributed by atoms with Gasteiger partial charge in [0.05, 0.1) is 11.3 Å². The molecule has 2 amide bonds. The molecule has 0 saturated heterocycles. The molecule has 3 heterocycles. The minimum Gasteiger partial charge on any atom is -0.365 e. The average molecular weight is 476 g/mol. The van der Waals surface area contributed by atoms with Crippen molar-refractivity contribution in [1.82, 2.24) is 14.8 Å². The molecule has 0 aromatic carbocycles. The molecule has 0 spiro atoms. The van der Waals surface area contributed by atoms with Crippen molar-refractivity contribution < 1.29 is 9.59 Å². The summed E-state index contributed by atoms with van der Waals surface area (Å²) in [5.74, 6) is 0.873. The number of aromatic nitrogens is 3. The number of fused-ring (bicyclic) bond motifs is 1. The quantitative estimate of drug-likeness (QED) is 0.521. The second-order valence-corrected chi connectivity index (χ2v) is 11.1. The van der Waals surface area contributed by atoms with Gasteiger partial charge >= 0.3 is 0 Å². The fourth-order valence-electron chi connectivity index (χ4n) is 3.80. The molecule has 3 aromatic rings. The molecule has 1 atom stereocenters. The van der Waals surface area contributed by atoms with Gasteiger partial charge in [-0.25, -0.2) is 0 Å². The second kappa shape index (κ2) is 8.76. The number of carbonyl (C=O) groups is 2. The number of thiophene rings is 2. The summed E-state index contributed by atoms with van der Waals surface area (Å²) >= 11 is 4.49. The van der Waals surface area contributed by atoms with Crippen molar-refractivity contribution in [3.05, 3.63) is 31.8 Å². The predicted octanol–water partition coefficient (Wildman–Crippen LogP) is 4.18. The first-order valence-corrected chi connectivity index (χ1v) is 12.8. The molecule has 0 saturated carbocycles. The Bertz CT molecular complexity index is 1160. The van der Waals surface area contributed by atoms with E-state index in [4.69, 9.17) is 5.73 Å². The molecule has 3 aromatic heterocycles. The molecular weight excluding hydrogens is 450 g/mol. The molecule has 7 nitrogen and oxygen atoms in total. The zero-order chi connectivity index (χ0) is 22.3. The van der Waals surface area contributed by atoms with Gasteiger partial charge in [-0.1, -0.05) is 18.7 Å². The van der Waals surface area contributed by atoms with E-state index in [0.29, 0.717) is 21.6 Å². The molecular formula is C21H25N5O2S3. The molecule has 1 aliphatic rings. The Hall–Kier alpha value is -2.17. The van der Waals surface area contributed by atoms with Crippen LogP contribution >= 0.6 is 34.4 Å². The number of nitrogens with two attached hydrogens (primary N) is 1. The van der Waals surface area contributed by atoms with E-state index in [-0.39, 0.29) is 11.7 Å². The smallest absolute Gasteiger partial charge is 0.251 e. The first-order chi connectivity index (χ1) is 14.8. The predicted molar refractivity (Wildman–Crippen MR) is 127 cm³/mol. The lowest BCUT2D eigenvalue weighted by Crippen LogP contribution is -2.20. The van der Waals surface area contributed by atoms with Crippen LogP contribution in [0.2, 0.25) is 0 Å². The number of primary amides is 1. The number of anilines is 1. The van der Waals surface area contributed by atoms with Crippen molar-refractivity contribution in [1.29, 1.82) is 0 Å².